The molecular weight excluding hydrogens is 276 g/mol. The number of imidazole rings is 1. The molecule has 2 rings (SSSR count). The van der Waals surface area contributed by atoms with Crippen molar-refractivity contribution in [2.24, 2.45) is 14.1 Å². The second-order valence-corrected chi connectivity index (χ2v) is 5.28. The average Bonchev–Trinajstić information content (AvgIpc) is 2.82. The Morgan fingerprint density at radius 3 is 2.57 bits per heavy atom. The largest absolute Gasteiger partial charge is 0.391 e. The van der Waals surface area contributed by atoms with Crippen LogP contribution in [-0.4, -0.2) is 41.1 Å². The minimum absolute atomic E-state index is 0.191. The van der Waals surface area contributed by atoms with Crippen LogP contribution in [-0.2, 0) is 20.6 Å². The maximum absolute atomic E-state index is 12.4. The highest BCUT2D eigenvalue weighted by Crippen LogP contribution is 2.05. The van der Waals surface area contributed by atoms with Gasteiger partial charge in [-0.05, 0) is 19.8 Å². The minimum Gasteiger partial charge on any atom is -0.391 e. The van der Waals surface area contributed by atoms with Crippen molar-refractivity contribution in [2.75, 3.05) is 0 Å². The van der Waals surface area contributed by atoms with E-state index < -0.39 is 17.9 Å². The summed E-state index contributed by atoms with van der Waals surface area (Å²) in [5.41, 5.74) is -0.0988. The number of hydrogen-bond donors (Lipinski definition) is 2. The first-order valence-electron chi connectivity index (χ1n) is 6.81. The number of aliphatic hydroxyl groups excluding tert-OH is 2. The molecule has 116 valence electrons. The van der Waals surface area contributed by atoms with Crippen LogP contribution < -0.4 is 11.2 Å². The van der Waals surface area contributed by atoms with E-state index in [1.165, 1.54) is 17.8 Å². The highest BCUT2D eigenvalue weighted by molar-refractivity contribution is 5.69. The van der Waals surface area contributed by atoms with Crippen molar-refractivity contribution in [3.63, 3.8) is 0 Å². The van der Waals surface area contributed by atoms with E-state index in [9.17, 15) is 19.8 Å². The number of fused-ring (bicyclic) bond motifs is 1. The highest BCUT2D eigenvalue weighted by Gasteiger charge is 2.15. The van der Waals surface area contributed by atoms with Crippen molar-refractivity contribution in [3.8, 4) is 0 Å². The standard InChI is InChI=1S/C13H20N4O4/c1-8(18)9(19)5-4-6-17-12(20)10-11(14-7-15(10)2)16(3)13(17)21/h7-9,18-19H,4-6H2,1-3H3. The molecule has 8 nitrogen and oxygen atoms in total. The highest BCUT2D eigenvalue weighted by atomic mass is 16.3. The van der Waals surface area contributed by atoms with Gasteiger partial charge in [-0.3, -0.25) is 13.9 Å². The molecule has 0 saturated heterocycles. The molecule has 2 aromatic rings. The van der Waals surface area contributed by atoms with Gasteiger partial charge in [0.25, 0.3) is 5.56 Å². The summed E-state index contributed by atoms with van der Waals surface area (Å²) in [5, 5.41) is 18.8. The van der Waals surface area contributed by atoms with Crippen molar-refractivity contribution in [1.82, 2.24) is 18.7 Å². The number of aromatic nitrogens is 4. The van der Waals surface area contributed by atoms with Crippen molar-refractivity contribution in [3.05, 3.63) is 27.2 Å². The molecule has 2 aromatic heterocycles. The molecule has 0 fully saturated rings. The second kappa shape index (κ2) is 5.82. The monoisotopic (exact) mass is 296 g/mol. The summed E-state index contributed by atoms with van der Waals surface area (Å²) in [4.78, 5) is 28.6. The van der Waals surface area contributed by atoms with E-state index in [4.69, 9.17) is 0 Å². The Labute approximate surface area is 120 Å². The van der Waals surface area contributed by atoms with Crippen LogP contribution in [0.3, 0.4) is 0 Å². The molecule has 2 N–H and O–H groups in total. The average molecular weight is 296 g/mol. The zero-order valence-corrected chi connectivity index (χ0v) is 12.4. The summed E-state index contributed by atoms with van der Waals surface area (Å²) in [7, 11) is 3.26. The van der Waals surface area contributed by atoms with E-state index in [0.717, 1.165) is 4.57 Å². The second-order valence-electron chi connectivity index (χ2n) is 5.28. The molecule has 2 unspecified atom stereocenters. The van der Waals surface area contributed by atoms with Gasteiger partial charge >= 0.3 is 5.69 Å². The van der Waals surface area contributed by atoms with Crippen LogP contribution in [0, 0.1) is 0 Å². The van der Waals surface area contributed by atoms with Gasteiger partial charge in [-0.1, -0.05) is 0 Å². The minimum atomic E-state index is -0.856. The number of aryl methyl sites for hydroxylation is 2. The molecule has 0 radical (unpaired) electrons. The Morgan fingerprint density at radius 2 is 1.95 bits per heavy atom. The molecule has 2 heterocycles. The Hall–Kier alpha value is -1.93. The van der Waals surface area contributed by atoms with Crippen molar-refractivity contribution < 1.29 is 10.2 Å². The fourth-order valence-electron chi connectivity index (χ4n) is 2.29. The zero-order chi connectivity index (χ0) is 15.7. The molecule has 0 aliphatic heterocycles. The fraction of sp³-hybridized carbons (Fsp3) is 0.615. The molecule has 0 spiro atoms. The molecule has 0 aliphatic rings. The summed E-state index contributed by atoms with van der Waals surface area (Å²) >= 11 is 0. The van der Waals surface area contributed by atoms with E-state index in [1.54, 1.807) is 18.7 Å². The lowest BCUT2D eigenvalue weighted by Crippen LogP contribution is -2.39. The lowest BCUT2D eigenvalue weighted by molar-refractivity contribution is 0.0243. The Kier molecular flexibility index (Phi) is 4.29. The summed E-state index contributed by atoms with van der Waals surface area (Å²) in [6.07, 6.45) is 0.544. The van der Waals surface area contributed by atoms with Crippen LogP contribution in [0.25, 0.3) is 11.2 Å². The van der Waals surface area contributed by atoms with Crippen LogP contribution in [0.15, 0.2) is 15.9 Å². The predicted octanol–water partition coefficient (Wildman–Crippen LogP) is -1.04. The van der Waals surface area contributed by atoms with Gasteiger partial charge in [-0.2, -0.15) is 0 Å². The number of aliphatic hydroxyl groups is 2. The van der Waals surface area contributed by atoms with Crippen LogP contribution >= 0.6 is 0 Å². The first kappa shape index (κ1) is 15.5. The third-order valence-electron chi connectivity index (χ3n) is 3.64. The van der Waals surface area contributed by atoms with Gasteiger partial charge < -0.3 is 14.8 Å². The molecule has 0 amide bonds. The van der Waals surface area contributed by atoms with Crippen LogP contribution in [0.1, 0.15) is 19.8 Å². The Bertz CT molecular complexity index is 756. The topological polar surface area (TPSA) is 102 Å². The van der Waals surface area contributed by atoms with Gasteiger partial charge in [0.15, 0.2) is 11.2 Å². The number of hydrogen-bond acceptors (Lipinski definition) is 5. The first-order valence-corrected chi connectivity index (χ1v) is 6.81. The lowest BCUT2D eigenvalue weighted by Gasteiger charge is -2.13. The van der Waals surface area contributed by atoms with Gasteiger partial charge in [0.2, 0.25) is 0 Å². The van der Waals surface area contributed by atoms with Crippen LogP contribution in [0.5, 0.6) is 0 Å². The molecule has 2 atom stereocenters. The predicted molar refractivity (Wildman–Crippen MR) is 77.1 cm³/mol. The number of rotatable bonds is 5. The Balaban J connectivity index is 2.34. The maximum atomic E-state index is 12.4. The summed E-state index contributed by atoms with van der Waals surface area (Å²) < 4.78 is 4.05. The summed E-state index contributed by atoms with van der Waals surface area (Å²) in [6, 6.07) is 0. The smallest absolute Gasteiger partial charge is 0.332 e. The molecule has 0 saturated carbocycles. The molecule has 8 heteroatoms. The van der Waals surface area contributed by atoms with Crippen molar-refractivity contribution >= 4 is 11.2 Å². The first-order chi connectivity index (χ1) is 9.84. The summed E-state index contributed by atoms with van der Waals surface area (Å²) in [5.74, 6) is 0. The van der Waals surface area contributed by atoms with Crippen molar-refractivity contribution in [2.45, 2.75) is 38.5 Å². The normalized spacial score (nSPS) is 14.5. The number of nitrogens with zero attached hydrogens (tertiary/aromatic N) is 4. The molecule has 0 bridgehead atoms. The van der Waals surface area contributed by atoms with Crippen LogP contribution in [0.4, 0.5) is 0 Å². The van der Waals surface area contributed by atoms with E-state index in [0.29, 0.717) is 24.0 Å². The molecular formula is C13H20N4O4. The quantitative estimate of drug-likeness (QED) is 0.733. The lowest BCUT2D eigenvalue weighted by atomic mass is 10.1. The van der Waals surface area contributed by atoms with Gasteiger partial charge in [0.1, 0.15) is 0 Å². The molecule has 21 heavy (non-hydrogen) atoms. The van der Waals surface area contributed by atoms with E-state index in [2.05, 4.69) is 4.98 Å². The molecule has 0 aromatic carbocycles. The van der Waals surface area contributed by atoms with Gasteiger partial charge in [-0.25, -0.2) is 9.78 Å². The van der Waals surface area contributed by atoms with Crippen molar-refractivity contribution in [1.29, 1.82) is 0 Å². The third-order valence-corrected chi connectivity index (χ3v) is 3.64. The van der Waals surface area contributed by atoms with E-state index >= 15 is 0 Å². The van der Waals surface area contributed by atoms with Gasteiger partial charge in [-0.15, -0.1) is 0 Å². The molecule has 0 aliphatic carbocycles. The zero-order valence-electron chi connectivity index (χ0n) is 12.4. The van der Waals surface area contributed by atoms with E-state index in [-0.39, 0.29) is 12.1 Å². The van der Waals surface area contributed by atoms with Gasteiger partial charge in [0.05, 0.1) is 18.5 Å². The van der Waals surface area contributed by atoms with E-state index in [1.807, 2.05) is 0 Å². The SMILES string of the molecule is CC(O)C(O)CCCn1c(=O)c2c(ncn2C)n(C)c1=O. The third kappa shape index (κ3) is 2.77. The van der Waals surface area contributed by atoms with Gasteiger partial charge in [0, 0.05) is 20.6 Å². The summed E-state index contributed by atoms with van der Waals surface area (Å²) in [6.45, 7) is 1.69. The van der Waals surface area contributed by atoms with Crippen LogP contribution in [0.2, 0.25) is 0 Å². The maximum Gasteiger partial charge on any atom is 0.332 e. The Morgan fingerprint density at radius 1 is 1.29 bits per heavy atom. The fourth-order valence-corrected chi connectivity index (χ4v) is 2.29.